The fourth-order valence-corrected chi connectivity index (χ4v) is 3.70. The minimum absolute atomic E-state index is 0.139. The molecule has 2 aliphatic rings. The second-order valence-corrected chi connectivity index (χ2v) is 7.12. The maximum atomic E-state index is 13.9. The van der Waals surface area contributed by atoms with Crippen LogP contribution in [-0.2, 0) is 0 Å². The van der Waals surface area contributed by atoms with Gasteiger partial charge >= 0.3 is 0 Å². The third-order valence-corrected chi connectivity index (χ3v) is 5.21. The number of aromatic nitrogens is 2. The Labute approximate surface area is 158 Å². The third-order valence-electron chi connectivity index (χ3n) is 5.21. The summed E-state index contributed by atoms with van der Waals surface area (Å²) in [7, 11) is 0. The molecule has 0 bridgehead atoms. The van der Waals surface area contributed by atoms with E-state index in [2.05, 4.69) is 14.8 Å². The molecule has 142 valence electrons. The largest absolute Gasteiger partial charge is 0.353 e. The van der Waals surface area contributed by atoms with Crippen molar-refractivity contribution in [2.75, 3.05) is 49.1 Å². The number of carbonyl (C=O) groups is 1. The summed E-state index contributed by atoms with van der Waals surface area (Å²) >= 11 is 0. The van der Waals surface area contributed by atoms with Crippen LogP contribution in [0, 0.1) is 12.7 Å². The van der Waals surface area contributed by atoms with E-state index in [-0.39, 0.29) is 11.5 Å². The van der Waals surface area contributed by atoms with Crippen LogP contribution in [0.1, 0.15) is 28.9 Å². The summed E-state index contributed by atoms with van der Waals surface area (Å²) in [6.07, 6.45) is 2.37. The van der Waals surface area contributed by atoms with Gasteiger partial charge in [-0.2, -0.15) is 4.98 Å². The summed E-state index contributed by atoms with van der Waals surface area (Å²) in [5, 5.41) is 0. The molecule has 3 heterocycles. The number of hydrogen-bond donors (Lipinski definition) is 0. The van der Waals surface area contributed by atoms with Gasteiger partial charge < -0.3 is 14.7 Å². The first-order valence-electron chi connectivity index (χ1n) is 9.51. The Morgan fingerprint density at radius 2 is 1.67 bits per heavy atom. The summed E-state index contributed by atoms with van der Waals surface area (Å²) in [6.45, 7) is 6.46. The molecule has 2 saturated heterocycles. The number of rotatable bonds is 3. The highest BCUT2D eigenvalue weighted by Gasteiger charge is 2.25. The number of carbonyl (C=O) groups excluding carboxylic acids is 1. The standard InChI is InChI=1S/C20H24FN5O/c1-15-14-18(23-20(22-15)26-8-4-5-9-26)24-10-12-25(13-11-24)19(27)16-6-2-3-7-17(16)21/h2-3,6-7,14H,4-5,8-13H2,1H3. The van der Waals surface area contributed by atoms with Crippen molar-refractivity contribution in [1.29, 1.82) is 0 Å². The Bertz CT molecular complexity index is 829. The summed E-state index contributed by atoms with van der Waals surface area (Å²) in [5.41, 5.74) is 1.09. The molecule has 27 heavy (non-hydrogen) atoms. The molecule has 0 N–H and O–H groups in total. The number of nitrogens with zero attached hydrogens (tertiary/aromatic N) is 5. The van der Waals surface area contributed by atoms with E-state index in [0.717, 1.165) is 30.5 Å². The summed E-state index contributed by atoms with van der Waals surface area (Å²) in [6, 6.07) is 8.15. The lowest BCUT2D eigenvalue weighted by Gasteiger charge is -2.35. The van der Waals surface area contributed by atoms with Crippen molar-refractivity contribution < 1.29 is 9.18 Å². The van der Waals surface area contributed by atoms with Crippen molar-refractivity contribution in [1.82, 2.24) is 14.9 Å². The van der Waals surface area contributed by atoms with E-state index in [0.29, 0.717) is 26.2 Å². The molecule has 0 saturated carbocycles. The van der Waals surface area contributed by atoms with E-state index in [1.165, 1.54) is 18.9 Å². The monoisotopic (exact) mass is 369 g/mol. The number of amides is 1. The molecule has 1 aromatic heterocycles. The molecule has 0 radical (unpaired) electrons. The van der Waals surface area contributed by atoms with Gasteiger partial charge in [-0.3, -0.25) is 4.79 Å². The average molecular weight is 369 g/mol. The topological polar surface area (TPSA) is 52.6 Å². The Morgan fingerprint density at radius 3 is 2.37 bits per heavy atom. The number of anilines is 2. The molecule has 7 heteroatoms. The molecule has 2 fully saturated rings. The quantitative estimate of drug-likeness (QED) is 0.832. The fourth-order valence-electron chi connectivity index (χ4n) is 3.70. The Morgan fingerprint density at radius 1 is 0.963 bits per heavy atom. The molecule has 6 nitrogen and oxygen atoms in total. The molecule has 4 rings (SSSR count). The van der Waals surface area contributed by atoms with Gasteiger partial charge in [0.25, 0.3) is 5.91 Å². The number of piperazine rings is 1. The molecule has 1 aromatic carbocycles. The first-order valence-corrected chi connectivity index (χ1v) is 9.51. The molecular weight excluding hydrogens is 345 g/mol. The number of hydrogen-bond acceptors (Lipinski definition) is 5. The first-order chi connectivity index (χ1) is 13.1. The van der Waals surface area contributed by atoms with Crippen LogP contribution < -0.4 is 9.80 Å². The number of halogens is 1. The van der Waals surface area contributed by atoms with Gasteiger partial charge in [0.2, 0.25) is 5.95 Å². The van der Waals surface area contributed by atoms with E-state index in [1.54, 1.807) is 23.1 Å². The van der Waals surface area contributed by atoms with Crippen molar-refractivity contribution in [3.05, 3.63) is 47.4 Å². The molecule has 0 unspecified atom stereocenters. The lowest BCUT2D eigenvalue weighted by Crippen LogP contribution is -2.49. The Balaban J connectivity index is 1.45. The van der Waals surface area contributed by atoms with Crippen molar-refractivity contribution >= 4 is 17.7 Å². The predicted molar refractivity (Wildman–Crippen MR) is 103 cm³/mol. The van der Waals surface area contributed by atoms with Crippen molar-refractivity contribution in [2.45, 2.75) is 19.8 Å². The van der Waals surface area contributed by atoms with Crippen LogP contribution >= 0.6 is 0 Å². The fraction of sp³-hybridized carbons (Fsp3) is 0.450. The van der Waals surface area contributed by atoms with E-state index in [1.807, 2.05) is 13.0 Å². The van der Waals surface area contributed by atoms with Crippen molar-refractivity contribution in [3.63, 3.8) is 0 Å². The van der Waals surface area contributed by atoms with E-state index in [9.17, 15) is 9.18 Å². The van der Waals surface area contributed by atoms with Crippen LogP contribution in [0.2, 0.25) is 0 Å². The minimum atomic E-state index is -0.466. The Kier molecular flexibility index (Phi) is 4.92. The summed E-state index contributed by atoms with van der Waals surface area (Å²) in [5.74, 6) is 0.991. The van der Waals surface area contributed by atoms with Gasteiger partial charge in [0.15, 0.2) is 0 Å². The molecule has 0 aliphatic carbocycles. The van der Waals surface area contributed by atoms with E-state index in [4.69, 9.17) is 4.98 Å². The van der Waals surface area contributed by atoms with Crippen LogP contribution in [0.15, 0.2) is 30.3 Å². The normalized spacial score (nSPS) is 17.5. The van der Waals surface area contributed by atoms with Gasteiger partial charge in [0.05, 0.1) is 5.56 Å². The summed E-state index contributed by atoms with van der Waals surface area (Å²) < 4.78 is 13.9. The molecule has 2 aromatic rings. The van der Waals surface area contributed by atoms with Gasteiger partial charge in [-0.25, -0.2) is 9.37 Å². The van der Waals surface area contributed by atoms with Gasteiger partial charge in [-0.1, -0.05) is 12.1 Å². The van der Waals surface area contributed by atoms with Gasteiger partial charge in [0.1, 0.15) is 11.6 Å². The highest BCUT2D eigenvalue weighted by Crippen LogP contribution is 2.22. The highest BCUT2D eigenvalue weighted by molar-refractivity contribution is 5.94. The van der Waals surface area contributed by atoms with Crippen LogP contribution in [0.3, 0.4) is 0 Å². The maximum absolute atomic E-state index is 13.9. The zero-order valence-corrected chi connectivity index (χ0v) is 15.6. The minimum Gasteiger partial charge on any atom is -0.353 e. The summed E-state index contributed by atoms with van der Waals surface area (Å²) in [4.78, 5) is 28.0. The second kappa shape index (κ2) is 7.50. The number of benzene rings is 1. The smallest absolute Gasteiger partial charge is 0.256 e. The van der Waals surface area contributed by atoms with Crippen molar-refractivity contribution in [2.24, 2.45) is 0 Å². The lowest BCUT2D eigenvalue weighted by atomic mass is 10.1. The van der Waals surface area contributed by atoms with Gasteiger partial charge in [-0.05, 0) is 31.9 Å². The molecule has 2 aliphatic heterocycles. The third kappa shape index (κ3) is 3.72. The SMILES string of the molecule is Cc1cc(N2CCN(C(=O)c3ccccc3F)CC2)nc(N2CCCC2)n1. The highest BCUT2D eigenvalue weighted by atomic mass is 19.1. The zero-order chi connectivity index (χ0) is 18.8. The first kappa shape index (κ1) is 17.7. The van der Waals surface area contributed by atoms with E-state index < -0.39 is 5.82 Å². The maximum Gasteiger partial charge on any atom is 0.256 e. The second-order valence-electron chi connectivity index (χ2n) is 7.12. The zero-order valence-electron chi connectivity index (χ0n) is 15.6. The number of aryl methyl sites for hydroxylation is 1. The van der Waals surface area contributed by atoms with Crippen LogP contribution in [0.25, 0.3) is 0 Å². The van der Waals surface area contributed by atoms with Crippen LogP contribution in [-0.4, -0.2) is 60.0 Å². The predicted octanol–water partition coefficient (Wildman–Crippen LogP) is 2.49. The van der Waals surface area contributed by atoms with Crippen LogP contribution in [0.5, 0.6) is 0 Å². The molecular formula is C20H24FN5O. The lowest BCUT2D eigenvalue weighted by molar-refractivity contribution is 0.0742. The van der Waals surface area contributed by atoms with E-state index >= 15 is 0 Å². The van der Waals surface area contributed by atoms with Crippen molar-refractivity contribution in [3.8, 4) is 0 Å². The van der Waals surface area contributed by atoms with Gasteiger partial charge in [0, 0.05) is 51.0 Å². The van der Waals surface area contributed by atoms with Crippen LogP contribution in [0.4, 0.5) is 16.2 Å². The average Bonchev–Trinajstić information content (AvgIpc) is 3.22. The molecule has 0 spiro atoms. The molecule has 0 atom stereocenters. The molecule has 1 amide bonds. The Hall–Kier alpha value is -2.70. The van der Waals surface area contributed by atoms with Gasteiger partial charge in [-0.15, -0.1) is 0 Å².